The Morgan fingerprint density at radius 3 is 2.50 bits per heavy atom. The van der Waals surface area contributed by atoms with Crippen LogP contribution in [0.5, 0.6) is 11.5 Å². The van der Waals surface area contributed by atoms with Crippen molar-refractivity contribution < 1.29 is 28.2 Å². The van der Waals surface area contributed by atoms with Crippen molar-refractivity contribution in [2.45, 2.75) is 24.1 Å². The van der Waals surface area contributed by atoms with Gasteiger partial charge in [-0.05, 0) is 48.2 Å². The van der Waals surface area contributed by atoms with E-state index in [2.05, 4.69) is 8.85 Å². The van der Waals surface area contributed by atoms with Gasteiger partial charge in [-0.25, -0.2) is 7.92 Å². The highest BCUT2D eigenvalue weighted by molar-refractivity contribution is 14.1. The SMILES string of the molecule is COC(=O)C(Cc1ccc(Oc2ccc(CC3SC(=O)NC3=O)cc2F)cc1)NI. The van der Waals surface area contributed by atoms with Crippen LogP contribution in [0.1, 0.15) is 11.1 Å². The quantitative estimate of drug-likeness (QED) is 0.299. The van der Waals surface area contributed by atoms with Gasteiger partial charge < -0.3 is 9.47 Å². The van der Waals surface area contributed by atoms with Gasteiger partial charge in [-0.2, -0.15) is 0 Å². The molecule has 0 aromatic heterocycles. The average molecular weight is 544 g/mol. The van der Waals surface area contributed by atoms with Gasteiger partial charge in [0.15, 0.2) is 11.6 Å². The molecule has 1 aliphatic rings. The summed E-state index contributed by atoms with van der Waals surface area (Å²) in [7, 11) is 1.33. The maximum absolute atomic E-state index is 14.4. The van der Waals surface area contributed by atoms with E-state index >= 15 is 0 Å². The number of carbonyl (C=O) groups is 3. The lowest BCUT2D eigenvalue weighted by atomic mass is 10.1. The first-order valence-electron chi connectivity index (χ1n) is 8.90. The van der Waals surface area contributed by atoms with E-state index in [4.69, 9.17) is 9.47 Å². The maximum Gasteiger partial charge on any atom is 0.323 e. The third kappa shape index (κ3) is 5.70. The third-order valence-corrected chi connectivity index (χ3v) is 6.13. The van der Waals surface area contributed by atoms with Crippen LogP contribution in [0.4, 0.5) is 9.18 Å². The predicted molar refractivity (Wildman–Crippen MR) is 118 cm³/mol. The van der Waals surface area contributed by atoms with E-state index in [0.29, 0.717) is 17.7 Å². The summed E-state index contributed by atoms with van der Waals surface area (Å²) in [6, 6.07) is 10.9. The fourth-order valence-corrected chi connectivity index (χ4v) is 4.19. The van der Waals surface area contributed by atoms with Gasteiger partial charge in [0.25, 0.3) is 5.24 Å². The summed E-state index contributed by atoms with van der Waals surface area (Å²) < 4.78 is 27.7. The molecular formula is C20H18FIN2O5S. The molecule has 1 heterocycles. The number of methoxy groups -OCH3 is 1. The van der Waals surface area contributed by atoms with Gasteiger partial charge in [0.2, 0.25) is 5.91 Å². The first-order chi connectivity index (χ1) is 14.4. The highest BCUT2D eigenvalue weighted by Gasteiger charge is 2.31. The van der Waals surface area contributed by atoms with Crippen molar-refractivity contribution in [2.24, 2.45) is 0 Å². The average Bonchev–Trinajstić information content (AvgIpc) is 3.05. The summed E-state index contributed by atoms with van der Waals surface area (Å²) in [6.07, 6.45) is 0.689. The fourth-order valence-electron chi connectivity index (χ4n) is 2.86. The third-order valence-electron chi connectivity index (χ3n) is 4.39. The molecule has 1 fully saturated rings. The molecule has 10 heteroatoms. The summed E-state index contributed by atoms with van der Waals surface area (Å²) in [6.45, 7) is 0. The van der Waals surface area contributed by atoms with Crippen molar-refractivity contribution in [1.82, 2.24) is 8.85 Å². The van der Waals surface area contributed by atoms with Gasteiger partial charge in [-0.1, -0.05) is 30.0 Å². The number of rotatable bonds is 8. The van der Waals surface area contributed by atoms with E-state index in [9.17, 15) is 18.8 Å². The molecule has 1 aliphatic heterocycles. The Morgan fingerprint density at radius 2 is 1.93 bits per heavy atom. The standard InChI is InChI=1S/C20H18FIN2O5S/c1-28-19(26)15(24-22)9-11-2-5-13(6-3-11)29-16-7-4-12(8-14(16)21)10-17-18(25)23-20(27)30-17/h2-8,15,17,24H,9-10H2,1H3,(H,23,25,27). The Morgan fingerprint density at radius 1 is 1.23 bits per heavy atom. The summed E-state index contributed by atoms with van der Waals surface area (Å²) in [5.41, 5.74) is 1.48. The van der Waals surface area contributed by atoms with Crippen molar-refractivity contribution in [2.75, 3.05) is 7.11 Å². The number of imide groups is 1. The van der Waals surface area contributed by atoms with E-state index in [-0.39, 0.29) is 29.3 Å². The molecular weight excluding hydrogens is 526 g/mol. The minimum atomic E-state index is -0.564. The van der Waals surface area contributed by atoms with E-state index in [1.165, 1.54) is 19.2 Å². The van der Waals surface area contributed by atoms with Crippen LogP contribution in [-0.2, 0) is 27.2 Å². The van der Waals surface area contributed by atoms with Crippen LogP contribution in [0.3, 0.4) is 0 Å². The maximum atomic E-state index is 14.4. The van der Waals surface area contributed by atoms with Crippen molar-refractivity contribution in [3.63, 3.8) is 0 Å². The number of halogens is 2. The second-order valence-electron chi connectivity index (χ2n) is 6.49. The van der Waals surface area contributed by atoms with Crippen LogP contribution in [0, 0.1) is 5.82 Å². The number of nitrogens with one attached hydrogen (secondary N) is 2. The smallest absolute Gasteiger partial charge is 0.323 e. The summed E-state index contributed by atoms with van der Waals surface area (Å²) >= 11 is 2.81. The molecule has 1 saturated heterocycles. The van der Waals surface area contributed by atoms with Gasteiger partial charge in [0, 0.05) is 22.9 Å². The zero-order valence-electron chi connectivity index (χ0n) is 15.8. The van der Waals surface area contributed by atoms with Gasteiger partial charge in [0.1, 0.15) is 11.8 Å². The molecule has 0 aliphatic carbocycles. The minimum Gasteiger partial charge on any atom is -0.468 e. The topological polar surface area (TPSA) is 93.7 Å². The number of ether oxygens (including phenoxy) is 2. The normalized spacial score (nSPS) is 16.8. The van der Waals surface area contributed by atoms with Crippen LogP contribution in [0.25, 0.3) is 0 Å². The molecule has 0 radical (unpaired) electrons. The highest BCUT2D eigenvalue weighted by atomic mass is 127. The van der Waals surface area contributed by atoms with E-state index in [1.807, 2.05) is 22.9 Å². The van der Waals surface area contributed by atoms with Crippen LogP contribution >= 0.6 is 34.6 Å². The zero-order valence-corrected chi connectivity index (χ0v) is 18.8. The van der Waals surface area contributed by atoms with Crippen LogP contribution in [-0.4, -0.2) is 35.5 Å². The molecule has 2 amide bonds. The van der Waals surface area contributed by atoms with Crippen molar-refractivity contribution in [3.8, 4) is 11.5 Å². The Labute approximate surface area is 190 Å². The first kappa shape index (κ1) is 22.5. The van der Waals surface area contributed by atoms with Gasteiger partial charge in [-0.15, -0.1) is 0 Å². The molecule has 2 unspecified atom stereocenters. The Balaban J connectivity index is 1.62. The fraction of sp³-hybridized carbons (Fsp3) is 0.250. The number of hydrogen-bond acceptors (Lipinski definition) is 7. The summed E-state index contributed by atoms with van der Waals surface area (Å²) in [5.74, 6) is -0.791. The van der Waals surface area contributed by atoms with E-state index in [0.717, 1.165) is 17.3 Å². The predicted octanol–water partition coefficient (Wildman–Crippen LogP) is 3.54. The minimum absolute atomic E-state index is 0.0486. The molecule has 158 valence electrons. The van der Waals surface area contributed by atoms with Gasteiger partial charge >= 0.3 is 5.97 Å². The Hall–Kier alpha value is -2.18. The molecule has 7 nitrogen and oxygen atoms in total. The molecule has 30 heavy (non-hydrogen) atoms. The lowest BCUT2D eigenvalue weighted by molar-refractivity contribution is -0.142. The molecule has 0 bridgehead atoms. The highest BCUT2D eigenvalue weighted by Crippen LogP contribution is 2.28. The van der Waals surface area contributed by atoms with E-state index in [1.54, 1.807) is 30.3 Å². The number of thioether (sulfide) groups is 1. The van der Waals surface area contributed by atoms with Crippen molar-refractivity contribution >= 4 is 51.7 Å². The number of esters is 1. The van der Waals surface area contributed by atoms with E-state index < -0.39 is 17.1 Å². The number of amides is 2. The molecule has 2 atom stereocenters. The summed E-state index contributed by atoms with van der Waals surface area (Å²) in [5, 5.41) is 1.27. The molecule has 0 spiro atoms. The van der Waals surface area contributed by atoms with Crippen LogP contribution in [0.15, 0.2) is 42.5 Å². The monoisotopic (exact) mass is 544 g/mol. The Bertz CT molecular complexity index is 957. The second-order valence-corrected chi connectivity index (χ2v) is 8.29. The van der Waals surface area contributed by atoms with Crippen LogP contribution < -0.4 is 13.6 Å². The number of carbonyl (C=O) groups excluding carboxylic acids is 3. The largest absolute Gasteiger partial charge is 0.468 e. The first-order valence-corrected chi connectivity index (χ1v) is 10.9. The number of benzene rings is 2. The van der Waals surface area contributed by atoms with Gasteiger partial charge in [-0.3, -0.25) is 19.7 Å². The van der Waals surface area contributed by atoms with Crippen molar-refractivity contribution in [3.05, 3.63) is 59.4 Å². The zero-order chi connectivity index (χ0) is 21.7. The molecule has 3 rings (SSSR count). The van der Waals surface area contributed by atoms with Crippen molar-refractivity contribution in [1.29, 1.82) is 0 Å². The molecule has 2 N–H and O–H groups in total. The Kier molecular flexibility index (Phi) is 7.67. The van der Waals surface area contributed by atoms with Crippen LogP contribution in [0.2, 0.25) is 0 Å². The second kappa shape index (κ2) is 10.2. The number of hydrogen-bond donors (Lipinski definition) is 2. The lowest BCUT2D eigenvalue weighted by Crippen LogP contribution is -2.33. The molecule has 2 aromatic carbocycles. The molecule has 0 saturated carbocycles. The van der Waals surface area contributed by atoms with Gasteiger partial charge in [0.05, 0.1) is 12.4 Å². The molecule has 2 aromatic rings. The summed E-state index contributed by atoms with van der Waals surface area (Å²) in [4.78, 5) is 34.6. The lowest BCUT2D eigenvalue weighted by Gasteiger charge is -2.13.